The zero-order valence-corrected chi connectivity index (χ0v) is 18.1. The van der Waals surface area contributed by atoms with Crippen LogP contribution in [0.4, 0.5) is 0 Å². The van der Waals surface area contributed by atoms with Gasteiger partial charge in [0, 0.05) is 38.6 Å². The van der Waals surface area contributed by atoms with Crippen LogP contribution < -0.4 is 10.6 Å². The second-order valence-corrected chi connectivity index (χ2v) is 8.77. The number of carbonyl (C=O) groups excluding carboxylic acids is 2. The number of hydrogen-bond acceptors (Lipinski definition) is 5. The highest BCUT2D eigenvalue weighted by atomic mass is 16.5. The average Bonchev–Trinajstić information content (AvgIpc) is 3.43. The van der Waals surface area contributed by atoms with Crippen molar-refractivity contribution in [3.8, 4) is 0 Å². The second kappa shape index (κ2) is 10.4. The summed E-state index contributed by atoms with van der Waals surface area (Å²) >= 11 is 0. The van der Waals surface area contributed by atoms with E-state index in [2.05, 4.69) is 22.8 Å². The molecule has 3 atom stereocenters. The molecule has 0 aliphatic carbocycles. The molecule has 7 nitrogen and oxygen atoms in total. The van der Waals surface area contributed by atoms with Crippen molar-refractivity contribution in [1.29, 1.82) is 0 Å². The van der Waals surface area contributed by atoms with E-state index in [4.69, 9.17) is 9.47 Å². The smallest absolute Gasteiger partial charge is 0.232 e. The molecule has 3 aliphatic rings. The molecule has 1 aromatic carbocycles. The molecule has 2 fully saturated rings. The normalized spacial score (nSPS) is 32.1. The van der Waals surface area contributed by atoms with E-state index in [1.807, 2.05) is 35.3 Å². The lowest BCUT2D eigenvalue weighted by molar-refractivity contribution is -0.143. The summed E-state index contributed by atoms with van der Waals surface area (Å²) in [6.07, 6.45) is 5.73. The van der Waals surface area contributed by atoms with Crippen LogP contribution in [-0.4, -0.2) is 75.4 Å². The minimum atomic E-state index is -0.543. The first-order valence-electron chi connectivity index (χ1n) is 11.3. The summed E-state index contributed by atoms with van der Waals surface area (Å²) in [5.74, 6) is 0.232. The molecule has 2 N–H and O–H groups in total. The highest BCUT2D eigenvalue weighted by Gasteiger charge is 2.47. The van der Waals surface area contributed by atoms with Gasteiger partial charge in [0.2, 0.25) is 11.8 Å². The van der Waals surface area contributed by atoms with Crippen molar-refractivity contribution < 1.29 is 19.1 Å². The number of nitrogens with one attached hydrogen (secondary N) is 2. The maximum absolute atomic E-state index is 13.7. The Bertz CT molecular complexity index is 776. The van der Waals surface area contributed by atoms with Gasteiger partial charge < -0.3 is 25.0 Å². The van der Waals surface area contributed by atoms with Gasteiger partial charge in [0.1, 0.15) is 0 Å². The predicted molar refractivity (Wildman–Crippen MR) is 118 cm³/mol. The van der Waals surface area contributed by atoms with Gasteiger partial charge in [-0.3, -0.25) is 9.59 Å². The molecule has 0 saturated carbocycles. The second-order valence-electron chi connectivity index (χ2n) is 8.77. The van der Waals surface area contributed by atoms with Gasteiger partial charge in [-0.2, -0.15) is 0 Å². The molecule has 4 rings (SSSR count). The average molecular weight is 428 g/mol. The maximum atomic E-state index is 13.7. The van der Waals surface area contributed by atoms with Crippen LogP contribution in [0.25, 0.3) is 0 Å². The summed E-state index contributed by atoms with van der Waals surface area (Å²) in [5.41, 5.74) is 0.610. The van der Waals surface area contributed by atoms with Crippen LogP contribution in [0, 0.1) is 5.41 Å². The molecule has 0 aromatic heterocycles. The molecule has 31 heavy (non-hydrogen) atoms. The lowest BCUT2D eigenvalue weighted by Gasteiger charge is -2.31. The van der Waals surface area contributed by atoms with Gasteiger partial charge in [0.25, 0.3) is 0 Å². The lowest BCUT2D eigenvalue weighted by Crippen LogP contribution is -2.48. The summed E-state index contributed by atoms with van der Waals surface area (Å²) in [7, 11) is 0. The molecule has 168 valence electrons. The number of fused-ring (bicyclic) bond motifs is 2. The fourth-order valence-electron chi connectivity index (χ4n) is 4.82. The monoisotopic (exact) mass is 427 g/mol. The molecule has 1 spiro atoms. The predicted octanol–water partition coefficient (Wildman–Crippen LogP) is 1.46. The molecule has 7 heteroatoms. The molecule has 3 heterocycles. The van der Waals surface area contributed by atoms with Crippen LogP contribution in [0.3, 0.4) is 0 Å². The van der Waals surface area contributed by atoms with E-state index in [0.29, 0.717) is 58.9 Å². The standard InChI is InChI=1S/C24H33N3O4/c28-22-9-6-14-30-12-4-5-13-31-18-24(10-11-25-17-24)23(29)27-15-20(21(16-27)26-22)19-7-2-1-3-8-19/h1-5,7-8,20-21,25H,6,9-18H2,(H,26,28)/b5-4-/t20-,21+,24?/m1/s1. The third kappa shape index (κ3) is 5.34. The highest BCUT2D eigenvalue weighted by molar-refractivity contribution is 5.84. The van der Waals surface area contributed by atoms with Crippen molar-refractivity contribution in [3.05, 3.63) is 48.0 Å². The van der Waals surface area contributed by atoms with Crippen LogP contribution in [-0.2, 0) is 19.1 Å². The number of hydrogen-bond donors (Lipinski definition) is 2. The first-order chi connectivity index (χ1) is 15.2. The van der Waals surface area contributed by atoms with Crippen LogP contribution in [0.15, 0.2) is 42.5 Å². The maximum Gasteiger partial charge on any atom is 0.232 e. The van der Waals surface area contributed by atoms with Crippen LogP contribution in [0.1, 0.15) is 30.7 Å². The molecular weight excluding hydrogens is 394 g/mol. The van der Waals surface area contributed by atoms with Gasteiger partial charge in [-0.05, 0) is 24.9 Å². The molecule has 2 amide bonds. The van der Waals surface area contributed by atoms with E-state index in [1.165, 1.54) is 0 Å². The number of ether oxygens (including phenoxy) is 2. The number of nitrogens with zero attached hydrogens (tertiary/aromatic N) is 1. The molecule has 2 bridgehead atoms. The zero-order chi connectivity index (χ0) is 21.5. The van der Waals surface area contributed by atoms with Gasteiger partial charge in [-0.25, -0.2) is 0 Å². The summed E-state index contributed by atoms with van der Waals surface area (Å²) in [6.45, 7) is 4.49. The number of rotatable bonds is 1. The Kier molecular flexibility index (Phi) is 7.37. The number of amides is 2. The van der Waals surface area contributed by atoms with Crippen molar-refractivity contribution in [2.75, 3.05) is 52.6 Å². The van der Waals surface area contributed by atoms with Crippen LogP contribution >= 0.6 is 0 Å². The van der Waals surface area contributed by atoms with Crippen LogP contribution in [0.2, 0.25) is 0 Å². The Morgan fingerprint density at radius 1 is 1.03 bits per heavy atom. The van der Waals surface area contributed by atoms with E-state index in [9.17, 15) is 9.59 Å². The van der Waals surface area contributed by atoms with E-state index in [1.54, 1.807) is 0 Å². The van der Waals surface area contributed by atoms with Crippen molar-refractivity contribution in [2.24, 2.45) is 5.41 Å². The van der Waals surface area contributed by atoms with Crippen LogP contribution in [0.5, 0.6) is 0 Å². The first kappa shape index (κ1) is 22.0. The van der Waals surface area contributed by atoms with E-state index < -0.39 is 5.41 Å². The third-order valence-electron chi connectivity index (χ3n) is 6.54. The van der Waals surface area contributed by atoms with Gasteiger partial charge >= 0.3 is 0 Å². The Balaban J connectivity index is 1.56. The summed E-state index contributed by atoms with van der Waals surface area (Å²) in [5, 5.41) is 6.55. The Morgan fingerprint density at radius 3 is 2.61 bits per heavy atom. The molecule has 1 unspecified atom stereocenters. The van der Waals surface area contributed by atoms with Crippen molar-refractivity contribution in [3.63, 3.8) is 0 Å². The molecular formula is C24H33N3O4. The van der Waals surface area contributed by atoms with E-state index >= 15 is 0 Å². The molecule has 3 aliphatic heterocycles. The number of benzene rings is 1. The molecule has 0 radical (unpaired) electrons. The summed E-state index contributed by atoms with van der Waals surface area (Å²) < 4.78 is 11.5. The molecule has 1 aromatic rings. The van der Waals surface area contributed by atoms with E-state index in [-0.39, 0.29) is 23.8 Å². The van der Waals surface area contributed by atoms with Crippen molar-refractivity contribution in [2.45, 2.75) is 31.2 Å². The van der Waals surface area contributed by atoms with Gasteiger partial charge in [-0.1, -0.05) is 42.5 Å². The molecule has 2 saturated heterocycles. The largest absolute Gasteiger partial charge is 0.377 e. The lowest BCUT2D eigenvalue weighted by atomic mass is 9.86. The quantitative estimate of drug-likeness (QED) is 0.664. The van der Waals surface area contributed by atoms with Crippen molar-refractivity contribution >= 4 is 11.8 Å². The number of carbonyl (C=O) groups is 2. The summed E-state index contributed by atoms with van der Waals surface area (Å²) in [4.78, 5) is 28.2. The minimum absolute atomic E-state index is 0.0178. The van der Waals surface area contributed by atoms with Gasteiger partial charge in [0.15, 0.2) is 0 Å². The first-order valence-corrected chi connectivity index (χ1v) is 11.3. The Hall–Kier alpha value is -2.22. The zero-order valence-electron chi connectivity index (χ0n) is 18.1. The Labute approximate surface area is 184 Å². The van der Waals surface area contributed by atoms with Gasteiger partial charge in [0.05, 0.1) is 31.3 Å². The van der Waals surface area contributed by atoms with E-state index in [0.717, 1.165) is 18.5 Å². The SMILES string of the molecule is O=C1CCCOC/C=C\COCC2(CCNC2)C(=O)N2C[C@H](N1)[C@@H](c1ccccc1)C2. The van der Waals surface area contributed by atoms with Gasteiger partial charge in [-0.15, -0.1) is 0 Å². The summed E-state index contributed by atoms with van der Waals surface area (Å²) in [6, 6.07) is 10.1. The third-order valence-corrected chi connectivity index (χ3v) is 6.54. The minimum Gasteiger partial charge on any atom is -0.377 e. The fourth-order valence-corrected chi connectivity index (χ4v) is 4.82. The van der Waals surface area contributed by atoms with Crippen molar-refractivity contribution in [1.82, 2.24) is 15.5 Å². The fraction of sp³-hybridized carbons (Fsp3) is 0.583. The Morgan fingerprint density at radius 2 is 1.84 bits per heavy atom. The topological polar surface area (TPSA) is 79.9 Å². The highest BCUT2D eigenvalue weighted by Crippen LogP contribution is 2.34.